The normalized spacial score (nSPS) is 15.4. The molecule has 1 amide bonds. The fraction of sp³-hybridized carbons (Fsp3) is 0.412. The van der Waals surface area contributed by atoms with E-state index in [1.54, 1.807) is 19.3 Å². The van der Waals surface area contributed by atoms with Crippen LogP contribution in [0.15, 0.2) is 30.3 Å². The third kappa shape index (κ3) is 5.24. The van der Waals surface area contributed by atoms with E-state index in [0.29, 0.717) is 11.7 Å². The Kier molecular flexibility index (Phi) is 5.58. The topological polar surface area (TPSA) is 64.6 Å². The highest BCUT2D eigenvalue weighted by Crippen LogP contribution is 2.32. The quantitative estimate of drug-likeness (QED) is 0.619. The molecular weight excluding hydrogens is 282 g/mol. The molecule has 1 aromatic carbocycles. The lowest BCUT2D eigenvalue weighted by Gasteiger charge is -2.12. The van der Waals surface area contributed by atoms with Crippen molar-refractivity contribution >= 4 is 18.0 Å². The Bertz CT molecular complexity index is 564. The first kappa shape index (κ1) is 16.1. The summed E-state index contributed by atoms with van der Waals surface area (Å²) in [4.78, 5) is 23.2. The van der Waals surface area contributed by atoms with E-state index in [2.05, 4.69) is 5.32 Å². The van der Waals surface area contributed by atoms with Crippen LogP contribution in [0.25, 0.3) is 6.08 Å². The van der Waals surface area contributed by atoms with Crippen molar-refractivity contribution < 1.29 is 19.1 Å². The number of amides is 1. The summed E-state index contributed by atoms with van der Waals surface area (Å²) in [5, 5.41) is 2.83. The standard InChI is InChI=1S/C17H21NO4/c1-12(14-7-8-14)18-16(19)11-22-17(20)9-6-13-4-3-5-15(10-13)21-2/h3-6,9-10,12,14H,7-8,11H2,1-2H3,(H,18,19)/b9-6+/t12-/m0/s1. The molecule has 0 spiro atoms. The van der Waals surface area contributed by atoms with Gasteiger partial charge in [-0.2, -0.15) is 0 Å². The third-order valence-corrected chi connectivity index (χ3v) is 3.57. The molecule has 1 N–H and O–H groups in total. The number of methoxy groups -OCH3 is 1. The Morgan fingerprint density at radius 1 is 1.41 bits per heavy atom. The zero-order chi connectivity index (χ0) is 15.9. The summed E-state index contributed by atoms with van der Waals surface area (Å²) in [6, 6.07) is 7.44. The summed E-state index contributed by atoms with van der Waals surface area (Å²) in [5.41, 5.74) is 0.822. The minimum atomic E-state index is -0.544. The van der Waals surface area contributed by atoms with E-state index in [-0.39, 0.29) is 18.6 Å². The Labute approximate surface area is 130 Å². The fourth-order valence-electron chi connectivity index (χ4n) is 2.10. The van der Waals surface area contributed by atoms with Crippen molar-refractivity contribution in [2.45, 2.75) is 25.8 Å². The van der Waals surface area contributed by atoms with Crippen LogP contribution in [0, 0.1) is 5.92 Å². The maximum absolute atomic E-state index is 11.6. The summed E-state index contributed by atoms with van der Waals surface area (Å²) in [6.45, 7) is 1.72. The number of carbonyl (C=O) groups is 2. The number of rotatable bonds is 7. The summed E-state index contributed by atoms with van der Waals surface area (Å²) < 4.78 is 10.0. The van der Waals surface area contributed by atoms with E-state index in [9.17, 15) is 9.59 Å². The number of benzene rings is 1. The summed E-state index contributed by atoms with van der Waals surface area (Å²) in [5.74, 6) is 0.483. The maximum Gasteiger partial charge on any atom is 0.331 e. The highest BCUT2D eigenvalue weighted by Gasteiger charge is 2.28. The van der Waals surface area contributed by atoms with Crippen LogP contribution in [-0.4, -0.2) is 31.6 Å². The molecule has 118 valence electrons. The number of hydrogen-bond donors (Lipinski definition) is 1. The van der Waals surface area contributed by atoms with Gasteiger partial charge in [0.2, 0.25) is 0 Å². The number of ether oxygens (including phenoxy) is 2. The van der Waals surface area contributed by atoms with Gasteiger partial charge in [0.15, 0.2) is 6.61 Å². The number of esters is 1. The van der Waals surface area contributed by atoms with Crippen molar-refractivity contribution in [2.75, 3.05) is 13.7 Å². The van der Waals surface area contributed by atoms with Gasteiger partial charge in [-0.3, -0.25) is 4.79 Å². The van der Waals surface area contributed by atoms with Crippen LogP contribution >= 0.6 is 0 Å². The predicted molar refractivity (Wildman–Crippen MR) is 83.3 cm³/mol. The van der Waals surface area contributed by atoms with Crippen molar-refractivity contribution in [1.29, 1.82) is 0 Å². The number of nitrogens with one attached hydrogen (secondary N) is 1. The van der Waals surface area contributed by atoms with Crippen molar-refractivity contribution in [2.24, 2.45) is 5.92 Å². The second-order valence-electron chi connectivity index (χ2n) is 5.41. The van der Waals surface area contributed by atoms with Crippen molar-refractivity contribution in [3.05, 3.63) is 35.9 Å². The smallest absolute Gasteiger partial charge is 0.331 e. The predicted octanol–water partition coefficient (Wildman–Crippen LogP) is 2.17. The van der Waals surface area contributed by atoms with Crippen molar-refractivity contribution in [3.63, 3.8) is 0 Å². The molecule has 1 aromatic rings. The first-order chi connectivity index (χ1) is 10.6. The Balaban J connectivity index is 1.74. The summed E-state index contributed by atoms with van der Waals surface area (Å²) in [6.07, 6.45) is 5.23. The first-order valence-corrected chi connectivity index (χ1v) is 7.36. The van der Waals surface area contributed by atoms with E-state index in [4.69, 9.17) is 9.47 Å². The molecule has 0 aliphatic heterocycles. The van der Waals surface area contributed by atoms with Crippen LogP contribution in [0.4, 0.5) is 0 Å². The lowest BCUT2D eigenvalue weighted by atomic mass is 10.2. The lowest BCUT2D eigenvalue weighted by Crippen LogP contribution is -2.36. The molecular formula is C17H21NO4. The minimum Gasteiger partial charge on any atom is -0.497 e. The van der Waals surface area contributed by atoms with Gasteiger partial charge in [-0.05, 0) is 49.5 Å². The molecule has 0 radical (unpaired) electrons. The number of carbonyl (C=O) groups excluding carboxylic acids is 2. The fourth-order valence-corrected chi connectivity index (χ4v) is 2.10. The molecule has 1 atom stereocenters. The molecule has 1 saturated carbocycles. The third-order valence-electron chi connectivity index (χ3n) is 3.57. The molecule has 1 aliphatic carbocycles. The zero-order valence-electron chi connectivity index (χ0n) is 12.9. The van der Waals surface area contributed by atoms with Crippen LogP contribution in [0.3, 0.4) is 0 Å². The maximum atomic E-state index is 11.6. The number of hydrogen-bond acceptors (Lipinski definition) is 4. The van der Waals surface area contributed by atoms with Crippen LogP contribution in [0.2, 0.25) is 0 Å². The van der Waals surface area contributed by atoms with E-state index in [0.717, 1.165) is 18.4 Å². The molecule has 0 saturated heterocycles. The molecule has 5 heteroatoms. The van der Waals surface area contributed by atoms with Crippen molar-refractivity contribution in [1.82, 2.24) is 5.32 Å². The van der Waals surface area contributed by atoms with Crippen LogP contribution < -0.4 is 10.1 Å². The zero-order valence-corrected chi connectivity index (χ0v) is 12.9. The molecule has 0 aromatic heterocycles. The van der Waals surface area contributed by atoms with Crippen LogP contribution in [-0.2, 0) is 14.3 Å². The second kappa shape index (κ2) is 7.64. The molecule has 0 heterocycles. The molecule has 22 heavy (non-hydrogen) atoms. The summed E-state index contributed by atoms with van der Waals surface area (Å²) in [7, 11) is 1.58. The van der Waals surface area contributed by atoms with Gasteiger partial charge in [0.05, 0.1) is 7.11 Å². The SMILES string of the molecule is COc1cccc(/C=C/C(=O)OCC(=O)N[C@@H](C)C2CC2)c1. The van der Waals surface area contributed by atoms with Gasteiger partial charge < -0.3 is 14.8 Å². The van der Waals surface area contributed by atoms with Gasteiger partial charge in [-0.1, -0.05) is 12.1 Å². The highest BCUT2D eigenvalue weighted by molar-refractivity contribution is 5.89. The molecule has 0 unspecified atom stereocenters. The van der Waals surface area contributed by atoms with E-state index in [1.165, 1.54) is 6.08 Å². The molecule has 2 rings (SSSR count). The van der Waals surface area contributed by atoms with Gasteiger partial charge in [-0.15, -0.1) is 0 Å². The first-order valence-electron chi connectivity index (χ1n) is 7.36. The van der Waals surface area contributed by atoms with Crippen molar-refractivity contribution in [3.8, 4) is 5.75 Å². The van der Waals surface area contributed by atoms with E-state index < -0.39 is 5.97 Å². The lowest BCUT2D eigenvalue weighted by molar-refractivity contribution is -0.144. The molecule has 1 fully saturated rings. The molecule has 0 bridgehead atoms. The molecule has 1 aliphatic rings. The Morgan fingerprint density at radius 2 is 2.18 bits per heavy atom. The van der Waals surface area contributed by atoms with Crippen LogP contribution in [0.5, 0.6) is 5.75 Å². The average molecular weight is 303 g/mol. The monoisotopic (exact) mass is 303 g/mol. The van der Waals surface area contributed by atoms with E-state index >= 15 is 0 Å². The average Bonchev–Trinajstić information content (AvgIpc) is 3.36. The van der Waals surface area contributed by atoms with Crippen LogP contribution in [0.1, 0.15) is 25.3 Å². The van der Waals surface area contributed by atoms with Gasteiger partial charge in [-0.25, -0.2) is 4.79 Å². The largest absolute Gasteiger partial charge is 0.497 e. The van der Waals surface area contributed by atoms with Gasteiger partial charge in [0, 0.05) is 12.1 Å². The summed E-state index contributed by atoms with van der Waals surface area (Å²) >= 11 is 0. The molecule has 5 nitrogen and oxygen atoms in total. The Hall–Kier alpha value is -2.30. The Morgan fingerprint density at radius 3 is 2.86 bits per heavy atom. The van der Waals surface area contributed by atoms with Gasteiger partial charge >= 0.3 is 5.97 Å². The highest BCUT2D eigenvalue weighted by atomic mass is 16.5. The van der Waals surface area contributed by atoms with E-state index in [1.807, 2.05) is 25.1 Å². The van der Waals surface area contributed by atoms with Gasteiger partial charge in [0.25, 0.3) is 5.91 Å². The van der Waals surface area contributed by atoms with Gasteiger partial charge in [0.1, 0.15) is 5.75 Å². The second-order valence-corrected chi connectivity index (χ2v) is 5.41. The minimum absolute atomic E-state index is 0.151.